The van der Waals surface area contributed by atoms with Crippen molar-refractivity contribution >= 4 is 23.3 Å². The van der Waals surface area contributed by atoms with Crippen molar-refractivity contribution < 1.29 is 19.2 Å². The van der Waals surface area contributed by atoms with E-state index in [2.05, 4.69) is 15.5 Å². The Morgan fingerprint density at radius 1 is 1.16 bits per heavy atom. The van der Waals surface area contributed by atoms with Crippen LogP contribution in [0, 0.1) is 30.9 Å². The van der Waals surface area contributed by atoms with Crippen LogP contribution in [0.25, 0.3) is 0 Å². The number of aryl methyl sites for hydroxylation is 2. The zero-order valence-corrected chi connectivity index (χ0v) is 17.6. The van der Waals surface area contributed by atoms with Gasteiger partial charge in [-0.05, 0) is 32.4 Å². The molecule has 0 aliphatic rings. The number of anilines is 1. The second kappa shape index (κ2) is 8.78. The van der Waals surface area contributed by atoms with Crippen LogP contribution in [0.4, 0.5) is 11.4 Å². The number of carbonyl (C=O) groups is 2. The molecule has 0 bridgehead atoms. The van der Waals surface area contributed by atoms with Crippen LogP contribution in [0.3, 0.4) is 0 Å². The van der Waals surface area contributed by atoms with Crippen molar-refractivity contribution in [1.82, 2.24) is 19.6 Å². The molecular formula is C20H22N6O5. The van der Waals surface area contributed by atoms with Crippen LogP contribution in [0.2, 0.25) is 0 Å². The van der Waals surface area contributed by atoms with Gasteiger partial charge in [-0.15, -0.1) is 0 Å². The first-order chi connectivity index (χ1) is 14.7. The largest absolute Gasteiger partial charge is 0.465 e. The van der Waals surface area contributed by atoms with Crippen molar-refractivity contribution in [3.8, 4) is 0 Å². The Kier molecular flexibility index (Phi) is 6.14. The summed E-state index contributed by atoms with van der Waals surface area (Å²) >= 11 is 0. The van der Waals surface area contributed by atoms with Gasteiger partial charge in [0.15, 0.2) is 0 Å². The van der Waals surface area contributed by atoms with Crippen LogP contribution < -0.4 is 5.32 Å². The van der Waals surface area contributed by atoms with Gasteiger partial charge in [-0.2, -0.15) is 10.2 Å². The molecule has 0 aliphatic carbocycles. The maximum absolute atomic E-state index is 12.5. The highest BCUT2D eigenvalue weighted by Gasteiger charge is 2.19. The lowest BCUT2D eigenvalue weighted by molar-refractivity contribution is -0.385. The van der Waals surface area contributed by atoms with E-state index < -0.39 is 16.8 Å². The summed E-state index contributed by atoms with van der Waals surface area (Å²) in [6, 6.07) is 7.07. The highest BCUT2D eigenvalue weighted by Crippen LogP contribution is 2.22. The van der Waals surface area contributed by atoms with E-state index in [1.807, 2.05) is 12.1 Å². The SMILES string of the molecule is COC(=O)c1ccccc1Cn1nc(C)c(NC(=O)Cn2cc([N+](=O)[O-])c(C)n2)c1C. The minimum absolute atomic E-state index is 0.141. The smallest absolute Gasteiger partial charge is 0.338 e. The van der Waals surface area contributed by atoms with Crippen LogP contribution in [0.15, 0.2) is 30.5 Å². The summed E-state index contributed by atoms with van der Waals surface area (Å²) < 4.78 is 7.75. The van der Waals surface area contributed by atoms with Crippen molar-refractivity contribution in [2.24, 2.45) is 0 Å². The fourth-order valence-corrected chi connectivity index (χ4v) is 3.25. The third kappa shape index (κ3) is 4.60. The molecule has 3 rings (SSSR count). The van der Waals surface area contributed by atoms with Gasteiger partial charge in [0.2, 0.25) is 5.91 Å². The molecule has 0 fully saturated rings. The number of nitrogens with zero attached hydrogens (tertiary/aromatic N) is 5. The Balaban J connectivity index is 1.78. The lowest BCUT2D eigenvalue weighted by Crippen LogP contribution is -2.20. The lowest BCUT2D eigenvalue weighted by atomic mass is 10.1. The van der Waals surface area contributed by atoms with E-state index in [0.717, 1.165) is 5.56 Å². The molecule has 0 aliphatic heterocycles. The summed E-state index contributed by atoms with van der Waals surface area (Å²) in [6.45, 7) is 5.22. The predicted octanol–water partition coefficient (Wildman–Crippen LogP) is 2.39. The number of benzene rings is 1. The van der Waals surface area contributed by atoms with Crippen LogP contribution in [-0.2, 0) is 22.6 Å². The Labute approximate surface area is 177 Å². The third-order valence-electron chi connectivity index (χ3n) is 4.81. The second-order valence-corrected chi connectivity index (χ2v) is 6.95. The number of hydrogen-bond acceptors (Lipinski definition) is 7. The first-order valence-corrected chi connectivity index (χ1v) is 9.39. The quantitative estimate of drug-likeness (QED) is 0.348. The molecule has 2 heterocycles. The van der Waals surface area contributed by atoms with Gasteiger partial charge in [0.05, 0.1) is 41.2 Å². The van der Waals surface area contributed by atoms with Crippen LogP contribution in [-0.4, -0.2) is 43.5 Å². The Hall–Kier alpha value is -4.02. The number of carbonyl (C=O) groups excluding carboxylic acids is 2. The number of hydrogen-bond donors (Lipinski definition) is 1. The van der Waals surface area contributed by atoms with Gasteiger partial charge in [-0.3, -0.25) is 24.3 Å². The number of ether oxygens (including phenoxy) is 1. The fraction of sp³-hybridized carbons (Fsp3) is 0.300. The van der Waals surface area contributed by atoms with E-state index in [1.54, 1.807) is 30.7 Å². The molecule has 0 unspecified atom stereocenters. The summed E-state index contributed by atoms with van der Waals surface area (Å²) in [5.74, 6) is -0.827. The van der Waals surface area contributed by atoms with Crippen LogP contribution in [0.1, 0.15) is 33.0 Å². The summed E-state index contributed by atoms with van der Waals surface area (Å²) in [5, 5.41) is 22.2. The zero-order valence-electron chi connectivity index (χ0n) is 17.6. The van der Waals surface area contributed by atoms with Crippen molar-refractivity contribution in [1.29, 1.82) is 0 Å². The van der Waals surface area contributed by atoms with Gasteiger partial charge < -0.3 is 10.1 Å². The first kappa shape index (κ1) is 21.7. The Morgan fingerprint density at radius 3 is 2.52 bits per heavy atom. The molecule has 3 aromatic rings. The van der Waals surface area contributed by atoms with E-state index in [0.29, 0.717) is 29.2 Å². The topological polar surface area (TPSA) is 134 Å². The van der Waals surface area contributed by atoms with Gasteiger partial charge in [0, 0.05) is 0 Å². The number of methoxy groups -OCH3 is 1. The minimum Gasteiger partial charge on any atom is -0.465 e. The van der Waals surface area contributed by atoms with Gasteiger partial charge >= 0.3 is 11.7 Å². The van der Waals surface area contributed by atoms with Gasteiger partial charge in [0.25, 0.3) is 0 Å². The molecule has 0 atom stereocenters. The predicted molar refractivity (Wildman–Crippen MR) is 111 cm³/mol. The highest BCUT2D eigenvalue weighted by atomic mass is 16.6. The van der Waals surface area contributed by atoms with Gasteiger partial charge in [-0.25, -0.2) is 4.79 Å². The molecule has 0 saturated carbocycles. The molecule has 11 heteroatoms. The summed E-state index contributed by atoms with van der Waals surface area (Å²) in [5.41, 5.74) is 3.12. The molecule has 0 saturated heterocycles. The summed E-state index contributed by atoms with van der Waals surface area (Å²) in [4.78, 5) is 34.9. The average Bonchev–Trinajstić information content (AvgIpc) is 3.22. The molecule has 0 spiro atoms. The Morgan fingerprint density at radius 2 is 1.87 bits per heavy atom. The van der Waals surface area contributed by atoms with Crippen molar-refractivity contribution in [3.63, 3.8) is 0 Å². The summed E-state index contributed by atoms with van der Waals surface area (Å²) in [7, 11) is 1.33. The van der Waals surface area contributed by atoms with Crippen molar-refractivity contribution in [3.05, 3.63) is 68.8 Å². The molecule has 1 N–H and O–H groups in total. The molecule has 2 aromatic heterocycles. The van der Waals surface area contributed by atoms with Crippen LogP contribution in [0.5, 0.6) is 0 Å². The molecule has 11 nitrogen and oxygen atoms in total. The number of nitrogens with one attached hydrogen (secondary N) is 1. The van der Waals surface area contributed by atoms with E-state index in [9.17, 15) is 19.7 Å². The lowest BCUT2D eigenvalue weighted by Gasteiger charge is -2.10. The maximum atomic E-state index is 12.5. The monoisotopic (exact) mass is 426 g/mol. The number of esters is 1. The maximum Gasteiger partial charge on any atom is 0.338 e. The number of amides is 1. The number of aromatic nitrogens is 4. The zero-order chi connectivity index (χ0) is 22.7. The normalized spacial score (nSPS) is 10.7. The van der Waals surface area contributed by atoms with Crippen molar-refractivity contribution in [2.45, 2.75) is 33.9 Å². The van der Waals surface area contributed by atoms with E-state index >= 15 is 0 Å². The van der Waals surface area contributed by atoms with Gasteiger partial charge in [-0.1, -0.05) is 18.2 Å². The minimum atomic E-state index is -0.540. The van der Waals surface area contributed by atoms with E-state index in [4.69, 9.17) is 4.74 Å². The van der Waals surface area contributed by atoms with E-state index in [1.165, 1.54) is 24.9 Å². The molecule has 1 aromatic carbocycles. The molecular weight excluding hydrogens is 404 g/mol. The third-order valence-corrected chi connectivity index (χ3v) is 4.81. The van der Waals surface area contributed by atoms with Crippen molar-refractivity contribution in [2.75, 3.05) is 12.4 Å². The Bertz CT molecular complexity index is 1160. The molecule has 0 radical (unpaired) electrons. The molecule has 31 heavy (non-hydrogen) atoms. The second-order valence-electron chi connectivity index (χ2n) is 6.95. The standard InChI is InChI=1S/C20H22N6O5/c1-12-17(26(29)30)10-24(22-12)11-18(27)21-19-13(2)23-25(14(19)3)9-15-7-5-6-8-16(15)20(28)31-4/h5-8,10H,9,11H2,1-4H3,(H,21,27). The highest BCUT2D eigenvalue weighted by molar-refractivity contribution is 5.92. The van der Waals surface area contributed by atoms with Gasteiger partial charge in [0.1, 0.15) is 18.4 Å². The fourth-order valence-electron chi connectivity index (χ4n) is 3.25. The van der Waals surface area contributed by atoms with Crippen LogP contribution >= 0.6 is 0 Å². The molecule has 162 valence electrons. The summed E-state index contributed by atoms with van der Waals surface area (Å²) in [6.07, 6.45) is 1.22. The molecule has 1 amide bonds. The first-order valence-electron chi connectivity index (χ1n) is 9.39. The average molecular weight is 426 g/mol. The van der Waals surface area contributed by atoms with E-state index in [-0.39, 0.29) is 17.9 Å². The number of rotatable bonds is 7. The number of nitro groups is 1.